The summed E-state index contributed by atoms with van der Waals surface area (Å²) in [5.74, 6) is 0.251. The van der Waals surface area contributed by atoms with Crippen molar-refractivity contribution in [2.45, 2.75) is 27.2 Å². The smallest absolute Gasteiger partial charge is 0.277 e. The van der Waals surface area contributed by atoms with Gasteiger partial charge in [0.15, 0.2) is 0 Å². The summed E-state index contributed by atoms with van der Waals surface area (Å²) in [6.45, 7) is 5.16. The van der Waals surface area contributed by atoms with Gasteiger partial charge in [0.2, 0.25) is 0 Å². The third-order valence-corrected chi connectivity index (χ3v) is 4.45. The second kappa shape index (κ2) is 6.76. The predicted octanol–water partition coefficient (Wildman–Crippen LogP) is 4.14. The topological polar surface area (TPSA) is 87.8 Å². The molecule has 1 amide bonds. The molecule has 0 spiro atoms. The highest BCUT2D eigenvalue weighted by Crippen LogP contribution is 2.35. The first-order valence-electron chi connectivity index (χ1n) is 7.96. The van der Waals surface area contributed by atoms with Crippen LogP contribution in [0.25, 0.3) is 0 Å². The number of hydrogen-bond donors (Lipinski definition) is 1. The fraction of sp³-hybridized carbons (Fsp3) is 0.222. The third-order valence-electron chi connectivity index (χ3n) is 4.20. The minimum absolute atomic E-state index is 0.0169. The zero-order chi connectivity index (χ0) is 19.0. The van der Waals surface area contributed by atoms with Crippen molar-refractivity contribution in [2.24, 2.45) is 4.99 Å². The zero-order valence-corrected chi connectivity index (χ0v) is 15.3. The zero-order valence-electron chi connectivity index (χ0n) is 14.5. The summed E-state index contributed by atoms with van der Waals surface area (Å²) in [6, 6.07) is 8.64. The molecule has 134 valence electrons. The maximum atomic E-state index is 12.5. The lowest BCUT2D eigenvalue weighted by Crippen LogP contribution is -2.37. The van der Waals surface area contributed by atoms with Crippen LogP contribution in [0.1, 0.15) is 23.1 Å². The average Bonchev–Trinajstić information content (AvgIpc) is 2.89. The highest BCUT2D eigenvalue weighted by molar-refractivity contribution is 6.30. The molecule has 2 aromatic carbocycles. The predicted molar refractivity (Wildman–Crippen MR) is 101 cm³/mol. The van der Waals surface area contributed by atoms with Crippen molar-refractivity contribution < 1.29 is 9.72 Å². The molecule has 8 heteroatoms. The van der Waals surface area contributed by atoms with Gasteiger partial charge in [-0.3, -0.25) is 20.3 Å². The number of aryl methyl sites for hydroxylation is 2. The Morgan fingerprint density at radius 1 is 1.19 bits per heavy atom. The van der Waals surface area contributed by atoms with Crippen LogP contribution in [0, 0.1) is 30.9 Å². The van der Waals surface area contributed by atoms with Gasteiger partial charge in [0.05, 0.1) is 28.3 Å². The number of anilines is 1. The molecular formula is C18H17ClN4O3. The van der Waals surface area contributed by atoms with Gasteiger partial charge in [-0.15, -0.1) is 0 Å². The number of benzene rings is 2. The van der Waals surface area contributed by atoms with Gasteiger partial charge in [0, 0.05) is 10.6 Å². The summed E-state index contributed by atoms with van der Waals surface area (Å²) in [7, 11) is 0. The summed E-state index contributed by atoms with van der Waals surface area (Å²) in [5, 5.41) is 13.3. The number of hydrogen-bond acceptors (Lipinski definition) is 4. The molecule has 1 aliphatic rings. The Kier molecular flexibility index (Phi) is 4.65. The highest BCUT2D eigenvalue weighted by Gasteiger charge is 2.32. The van der Waals surface area contributed by atoms with Crippen LogP contribution in [-0.2, 0) is 4.79 Å². The van der Waals surface area contributed by atoms with Crippen LogP contribution < -0.4 is 10.4 Å². The first-order valence-corrected chi connectivity index (χ1v) is 8.33. The molecule has 0 saturated carbocycles. The number of hydrazine groups is 1. The Hall–Kier alpha value is -2.93. The summed E-state index contributed by atoms with van der Waals surface area (Å²) in [6.07, 6.45) is 0.0865. The van der Waals surface area contributed by atoms with Crippen molar-refractivity contribution in [2.75, 3.05) is 5.01 Å². The number of aliphatic imine (C=N–C) groups is 1. The second-order valence-corrected chi connectivity index (χ2v) is 6.58. The number of nitro benzene ring substituents is 1. The number of carbonyl (C=O) groups excluding carboxylic acids is 1. The van der Waals surface area contributed by atoms with Crippen LogP contribution in [-0.4, -0.2) is 16.7 Å². The van der Waals surface area contributed by atoms with E-state index in [-0.39, 0.29) is 18.0 Å². The molecule has 1 fully saturated rings. The summed E-state index contributed by atoms with van der Waals surface area (Å²) in [5.41, 5.74) is 5.93. The molecule has 0 radical (unpaired) electrons. The molecule has 26 heavy (non-hydrogen) atoms. The maximum Gasteiger partial charge on any atom is 0.277 e. The number of rotatable bonds is 3. The lowest BCUT2D eigenvalue weighted by molar-refractivity contribution is -0.386. The number of nitrogens with one attached hydrogen (secondary N) is 1. The van der Waals surface area contributed by atoms with E-state index in [1.165, 1.54) is 5.01 Å². The van der Waals surface area contributed by atoms with E-state index in [1.54, 1.807) is 44.2 Å². The summed E-state index contributed by atoms with van der Waals surface area (Å²) < 4.78 is 0. The Morgan fingerprint density at radius 2 is 1.85 bits per heavy atom. The Balaban J connectivity index is 1.98. The van der Waals surface area contributed by atoms with Gasteiger partial charge in [-0.05, 0) is 56.7 Å². The number of nitro groups is 1. The van der Waals surface area contributed by atoms with Gasteiger partial charge in [0.25, 0.3) is 11.6 Å². The molecule has 3 rings (SSSR count). The highest BCUT2D eigenvalue weighted by atomic mass is 35.5. The van der Waals surface area contributed by atoms with Crippen molar-refractivity contribution >= 4 is 40.4 Å². The first-order chi connectivity index (χ1) is 12.3. The van der Waals surface area contributed by atoms with Crippen molar-refractivity contribution in [3.63, 3.8) is 0 Å². The average molecular weight is 373 g/mol. The lowest BCUT2D eigenvalue weighted by atomic mass is 10.0. The quantitative estimate of drug-likeness (QED) is 0.647. The van der Waals surface area contributed by atoms with Crippen molar-refractivity contribution in [3.8, 4) is 0 Å². The van der Waals surface area contributed by atoms with Gasteiger partial charge in [-0.2, -0.15) is 0 Å². The molecular weight excluding hydrogens is 356 g/mol. The van der Waals surface area contributed by atoms with Gasteiger partial charge in [-0.25, -0.2) is 10.0 Å². The first kappa shape index (κ1) is 17.9. The number of amidine groups is 1. The fourth-order valence-corrected chi connectivity index (χ4v) is 3.29. The van der Waals surface area contributed by atoms with Crippen LogP contribution in [0.2, 0.25) is 5.02 Å². The lowest BCUT2D eigenvalue weighted by Gasteiger charge is -2.21. The summed E-state index contributed by atoms with van der Waals surface area (Å²) in [4.78, 5) is 27.9. The molecule has 0 atom stereocenters. The van der Waals surface area contributed by atoms with Crippen molar-refractivity contribution in [3.05, 3.63) is 62.2 Å². The van der Waals surface area contributed by atoms with Crippen LogP contribution in [0.4, 0.5) is 17.1 Å². The van der Waals surface area contributed by atoms with Crippen LogP contribution in [0.5, 0.6) is 0 Å². The summed E-state index contributed by atoms with van der Waals surface area (Å²) >= 11 is 5.86. The van der Waals surface area contributed by atoms with E-state index in [4.69, 9.17) is 11.6 Å². The normalized spacial score (nSPS) is 15.5. The minimum atomic E-state index is -0.420. The Morgan fingerprint density at radius 3 is 2.46 bits per heavy atom. The number of carbonyl (C=O) groups is 1. The van der Waals surface area contributed by atoms with Gasteiger partial charge < -0.3 is 0 Å². The van der Waals surface area contributed by atoms with E-state index in [9.17, 15) is 14.9 Å². The molecule has 0 aliphatic carbocycles. The molecule has 1 aliphatic heterocycles. The van der Waals surface area contributed by atoms with E-state index < -0.39 is 4.92 Å². The van der Waals surface area contributed by atoms with Crippen LogP contribution >= 0.6 is 11.6 Å². The van der Waals surface area contributed by atoms with E-state index in [1.807, 2.05) is 6.92 Å². The molecule has 0 aromatic heterocycles. The SMILES string of the molecule is Cc1cc(C)c([N+](=O)[O-])c(C)c1N1NC(=Nc2ccc(Cl)cc2)CC1=O. The standard InChI is InChI=1S/C18H17ClN4O3/c1-10-8-11(2)18(23(25)26)12(3)17(10)22-16(24)9-15(21-22)20-14-6-4-13(19)5-7-14/h4-8H,9H2,1-3H3,(H,20,21). The van der Waals surface area contributed by atoms with E-state index in [2.05, 4.69) is 10.4 Å². The van der Waals surface area contributed by atoms with Gasteiger partial charge in [0.1, 0.15) is 5.84 Å². The van der Waals surface area contributed by atoms with Gasteiger partial charge >= 0.3 is 0 Å². The molecule has 1 saturated heterocycles. The van der Waals surface area contributed by atoms with E-state index >= 15 is 0 Å². The van der Waals surface area contributed by atoms with Crippen molar-refractivity contribution in [1.29, 1.82) is 0 Å². The number of nitrogens with zero attached hydrogens (tertiary/aromatic N) is 3. The Bertz CT molecular complexity index is 938. The van der Waals surface area contributed by atoms with Crippen LogP contribution in [0.3, 0.4) is 0 Å². The van der Waals surface area contributed by atoms with E-state index in [0.29, 0.717) is 33.4 Å². The molecule has 1 heterocycles. The van der Waals surface area contributed by atoms with Crippen molar-refractivity contribution in [1.82, 2.24) is 5.43 Å². The van der Waals surface area contributed by atoms with E-state index in [0.717, 1.165) is 5.56 Å². The Labute approximate surface area is 155 Å². The maximum absolute atomic E-state index is 12.5. The number of halogens is 1. The largest absolute Gasteiger partial charge is 0.278 e. The monoisotopic (exact) mass is 372 g/mol. The molecule has 7 nitrogen and oxygen atoms in total. The van der Waals surface area contributed by atoms with Crippen LogP contribution in [0.15, 0.2) is 35.3 Å². The molecule has 2 aromatic rings. The van der Waals surface area contributed by atoms with Gasteiger partial charge in [-0.1, -0.05) is 11.6 Å². The third kappa shape index (κ3) is 3.25. The molecule has 1 N–H and O–H groups in total. The minimum Gasteiger partial charge on any atom is -0.278 e. The molecule has 0 bridgehead atoms. The second-order valence-electron chi connectivity index (χ2n) is 6.14. The number of amides is 1. The molecule has 0 unspecified atom stereocenters. The fourth-order valence-electron chi connectivity index (χ4n) is 3.16.